The molecule has 2 heteroatoms. The Kier molecular flexibility index (Phi) is 37.7. The van der Waals surface area contributed by atoms with Crippen LogP contribution in [0.1, 0.15) is 55.4 Å². The molecule has 2 nitrogen and oxygen atoms in total. The molecular formula is C25H42O2. The van der Waals surface area contributed by atoms with E-state index in [-0.39, 0.29) is 0 Å². The lowest BCUT2D eigenvalue weighted by Gasteiger charge is -1.92. The third-order valence-electron chi connectivity index (χ3n) is 2.41. The maximum absolute atomic E-state index is 8.63. The van der Waals surface area contributed by atoms with Gasteiger partial charge in [-0.2, -0.15) is 0 Å². The molecule has 0 saturated carbocycles. The van der Waals surface area contributed by atoms with E-state index in [2.05, 4.69) is 48.5 Å². The van der Waals surface area contributed by atoms with Crippen molar-refractivity contribution < 1.29 is 10.2 Å². The monoisotopic (exact) mass is 374 g/mol. The fourth-order valence-electron chi connectivity index (χ4n) is 1.56. The summed E-state index contributed by atoms with van der Waals surface area (Å²) in [5.41, 5.74) is 0. The summed E-state index contributed by atoms with van der Waals surface area (Å²) in [5.74, 6) is 0.322. The smallest absolute Gasteiger partial charge is 0.115 e. The van der Waals surface area contributed by atoms with Crippen molar-refractivity contribution in [3.8, 4) is 5.75 Å². The molecule has 154 valence electrons. The van der Waals surface area contributed by atoms with E-state index in [1.807, 2.05) is 61.5 Å². The molecule has 0 radical (unpaired) electrons. The molecule has 0 atom stereocenters. The first kappa shape index (κ1) is 32.4. The van der Waals surface area contributed by atoms with Gasteiger partial charge in [-0.3, -0.25) is 0 Å². The third-order valence-corrected chi connectivity index (χ3v) is 2.41. The van der Waals surface area contributed by atoms with E-state index >= 15 is 0 Å². The fraction of sp³-hybridized carbons (Fsp3) is 0.360. The van der Waals surface area contributed by atoms with E-state index in [4.69, 9.17) is 10.2 Å². The van der Waals surface area contributed by atoms with Crippen molar-refractivity contribution in [1.82, 2.24) is 0 Å². The molecule has 3 rings (SSSR count). The summed E-state index contributed by atoms with van der Waals surface area (Å²) in [4.78, 5) is 0. The predicted octanol–water partition coefficient (Wildman–Crippen LogP) is 7.95. The van der Waals surface area contributed by atoms with Gasteiger partial charge in [-0.15, -0.1) is 0 Å². The minimum absolute atomic E-state index is 0.322. The average Bonchev–Trinajstić information content (AvgIpc) is 2.82. The lowest BCUT2D eigenvalue weighted by molar-refractivity contribution is 0.399. The first-order valence-corrected chi connectivity index (χ1v) is 9.99. The number of fused-ring (bicyclic) bond motifs is 1. The summed E-state index contributed by atoms with van der Waals surface area (Å²) >= 11 is 0. The van der Waals surface area contributed by atoms with Crippen LogP contribution in [0.2, 0.25) is 0 Å². The molecule has 0 aromatic heterocycles. The molecular weight excluding hydrogens is 332 g/mol. The number of para-hydroxylation sites is 1. The first-order valence-electron chi connectivity index (χ1n) is 9.99. The van der Waals surface area contributed by atoms with Crippen molar-refractivity contribution in [1.29, 1.82) is 0 Å². The van der Waals surface area contributed by atoms with E-state index in [1.165, 1.54) is 10.8 Å². The van der Waals surface area contributed by atoms with Gasteiger partial charge in [0.05, 0.1) is 0 Å². The van der Waals surface area contributed by atoms with Crippen molar-refractivity contribution in [3.63, 3.8) is 0 Å². The van der Waals surface area contributed by atoms with Crippen LogP contribution in [0.5, 0.6) is 5.75 Å². The average molecular weight is 375 g/mol. The lowest BCUT2D eigenvalue weighted by Crippen LogP contribution is -1.67. The van der Waals surface area contributed by atoms with E-state index in [0.717, 1.165) is 7.11 Å². The van der Waals surface area contributed by atoms with Gasteiger partial charge in [-0.1, -0.05) is 122 Å². The van der Waals surface area contributed by atoms with Gasteiger partial charge >= 0.3 is 0 Å². The maximum atomic E-state index is 8.63. The summed E-state index contributed by atoms with van der Waals surface area (Å²) in [6, 6.07) is 25.4. The number of phenols is 1. The van der Waals surface area contributed by atoms with Gasteiger partial charge < -0.3 is 10.2 Å². The van der Waals surface area contributed by atoms with E-state index in [0.29, 0.717) is 5.75 Å². The quantitative estimate of drug-likeness (QED) is 0.419. The van der Waals surface area contributed by atoms with Crippen LogP contribution in [-0.2, 0) is 0 Å². The molecule has 0 bridgehead atoms. The molecule has 0 aliphatic carbocycles. The molecule has 0 heterocycles. The number of aliphatic hydroxyl groups excluding tert-OH is 1. The van der Waals surface area contributed by atoms with Crippen LogP contribution < -0.4 is 0 Å². The summed E-state index contributed by atoms with van der Waals surface area (Å²) in [6.07, 6.45) is 0. The summed E-state index contributed by atoms with van der Waals surface area (Å²) in [7, 11) is 1.00. The SMILES string of the molecule is CC.CC.CC.CC.CO.Oc1ccccc1.c1ccc2ccccc2c1. The second kappa shape index (κ2) is 31.4. The number of aliphatic hydroxyl groups is 1. The molecule has 3 aromatic rings. The van der Waals surface area contributed by atoms with Gasteiger partial charge in [0.2, 0.25) is 0 Å². The molecule has 0 spiro atoms. The van der Waals surface area contributed by atoms with Gasteiger partial charge in [-0.05, 0) is 22.9 Å². The van der Waals surface area contributed by atoms with Gasteiger partial charge in [0.1, 0.15) is 5.75 Å². The van der Waals surface area contributed by atoms with Crippen LogP contribution in [0.4, 0.5) is 0 Å². The summed E-state index contributed by atoms with van der Waals surface area (Å²) in [5, 5.41) is 18.3. The lowest BCUT2D eigenvalue weighted by atomic mass is 10.1. The Labute approximate surface area is 168 Å². The fourth-order valence-corrected chi connectivity index (χ4v) is 1.56. The van der Waals surface area contributed by atoms with Gasteiger partial charge in [-0.25, -0.2) is 0 Å². The standard InChI is InChI=1S/C10H8.C6H6O.4C2H6.CH4O/c1-2-6-10-8-4-3-7-9(10)5-1;7-6-4-2-1-3-5-6;5*1-2/h1-8H;1-5,7H;4*1-2H3;2H,1H3. The molecule has 0 saturated heterocycles. The van der Waals surface area contributed by atoms with Crippen molar-refractivity contribution >= 4 is 10.8 Å². The highest BCUT2D eigenvalue weighted by Gasteiger charge is 1.85. The molecule has 0 aliphatic rings. The number of benzene rings is 3. The van der Waals surface area contributed by atoms with E-state index < -0.39 is 0 Å². The van der Waals surface area contributed by atoms with E-state index in [9.17, 15) is 0 Å². The predicted molar refractivity (Wildman–Crippen MR) is 126 cm³/mol. The Hall–Kier alpha value is -2.32. The zero-order valence-corrected chi connectivity index (χ0v) is 18.9. The normalized spacial score (nSPS) is 7.04. The van der Waals surface area contributed by atoms with Gasteiger partial charge in [0.25, 0.3) is 0 Å². The van der Waals surface area contributed by atoms with Crippen LogP contribution >= 0.6 is 0 Å². The summed E-state index contributed by atoms with van der Waals surface area (Å²) < 4.78 is 0. The molecule has 0 unspecified atom stereocenters. The highest BCUT2D eigenvalue weighted by molar-refractivity contribution is 5.81. The van der Waals surface area contributed by atoms with Crippen LogP contribution in [0.3, 0.4) is 0 Å². The van der Waals surface area contributed by atoms with Crippen molar-refractivity contribution in [3.05, 3.63) is 78.9 Å². The molecule has 0 amide bonds. The van der Waals surface area contributed by atoms with Gasteiger partial charge in [0.15, 0.2) is 0 Å². The second-order valence-corrected chi connectivity index (χ2v) is 3.68. The zero-order valence-electron chi connectivity index (χ0n) is 18.9. The maximum Gasteiger partial charge on any atom is 0.115 e. The third kappa shape index (κ3) is 19.8. The van der Waals surface area contributed by atoms with Crippen molar-refractivity contribution in [2.24, 2.45) is 0 Å². The first-order chi connectivity index (χ1) is 13.4. The highest BCUT2D eigenvalue weighted by Crippen LogP contribution is 2.11. The largest absolute Gasteiger partial charge is 0.508 e. The molecule has 0 fully saturated rings. The Morgan fingerprint density at radius 2 is 0.630 bits per heavy atom. The summed E-state index contributed by atoms with van der Waals surface area (Å²) in [6.45, 7) is 16.0. The Morgan fingerprint density at radius 1 is 0.407 bits per heavy atom. The highest BCUT2D eigenvalue weighted by atomic mass is 16.3. The minimum Gasteiger partial charge on any atom is -0.508 e. The molecule has 2 N–H and O–H groups in total. The number of hydrogen-bond donors (Lipinski definition) is 2. The molecule has 27 heavy (non-hydrogen) atoms. The van der Waals surface area contributed by atoms with E-state index in [1.54, 1.807) is 24.3 Å². The topological polar surface area (TPSA) is 40.5 Å². The Bertz CT molecular complexity index is 512. The number of aromatic hydroxyl groups is 1. The number of phenolic OH excluding ortho intramolecular Hbond substituents is 1. The minimum atomic E-state index is 0.322. The number of rotatable bonds is 0. The van der Waals surface area contributed by atoms with Crippen LogP contribution in [0.15, 0.2) is 78.9 Å². The molecule has 0 aliphatic heterocycles. The number of hydrogen-bond acceptors (Lipinski definition) is 2. The van der Waals surface area contributed by atoms with Crippen LogP contribution in [0, 0.1) is 0 Å². The second-order valence-electron chi connectivity index (χ2n) is 3.68. The van der Waals surface area contributed by atoms with Gasteiger partial charge in [0, 0.05) is 7.11 Å². The Balaban J connectivity index is -0.000000138. The Morgan fingerprint density at radius 3 is 0.815 bits per heavy atom. The van der Waals surface area contributed by atoms with Crippen molar-refractivity contribution in [2.45, 2.75) is 55.4 Å². The molecule has 3 aromatic carbocycles. The zero-order chi connectivity index (χ0) is 21.9. The van der Waals surface area contributed by atoms with Crippen LogP contribution in [0.25, 0.3) is 10.8 Å². The van der Waals surface area contributed by atoms with Crippen LogP contribution in [-0.4, -0.2) is 17.3 Å². The van der Waals surface area contributed by atoms with Crippen molar-refractivity contribution in [2.75, 3.05) is 7.11 Å².